The fourth-order valence-corrected chi connectivity index (χ4v) is 2.00. The Labute approximate surface area is 116 Å². The fourth-order valence-electron chi connectivity index (χ4n) is 2.00. The number of aryl methyl sites for hydroxylation is 1. The molecule has 0 aliphatic carbocycles. The van der Waals surface area contributed by atoms with E-state index in [0.29, 0.717) is 0 Å². The molecule has 0 amide bonds. The molecule has 2 rings (SSSR count). The summed E-state index contributed by atoms with van der Waals surface area (Å²) < 4.78 is 32.4. The first-order valence-corrected chi connectivity index (χ1v) is 6.13. The van der Waals surface area contributed by atoms with Gasteiger partial charge >= 0.3 is 0 Å². The number of hydrogen-bond acceptors (Lipinski definition) is 2. The average molecular weight is 276 g/mol. The van der Waals surface area contributed by atoms with Crippen LogP contribution in [0.1, 0.15) is 21.5 Å². The van der Waals surface area contributed by atoms with E-state index in [9.17, 15) is 13.6 Å². The highest BCUT2D eigenvalue weighted by atomic mass is 19.1. The van der Waals surface area contributed by atoms with E-state index in [0.717, 1.165) is 23.3 Å². The van der Waals surface area contributed by atoms with E-state index >= 15 is 0 Å². The highest BCUT2D eigenvalue weighted by Crippen LogP contribution is 2.22. The topological polar surface area (TPSA) is 26.3 Å². The van der Waals surface area contributed by atoms with Crippen LogP contribution in [0.5, 0.6) is 5.75 Å². The summed E-state index contributed by atoms with van der Waals surface area (Å²) in [6.45, 7) is 1.85. The maximum atomic E-state index is 13.8. The van der Waals surface area contributed by atoms with Crippen LogP contribution < -0.4 is 4.74 Å². The van der Waals surface area contributed by atoms with E-state index in [-0.39, 0.29) is 12.2 Å². The molecule has 0 heterocycles. The second kappa shape index (κ2) is 5.82. The van der Waals surface area contributed by atoms with E-state index < -0.39 is 23.0 Å². The van der Waals surface area contributed by atoms with E-state index in [4.69, 9.17) is 4.74 Å². The van der Waals surface area contributed by atoms with Crippen LogP contribution in [-0.4, -0.2) is 12.9 Å². The third kappa shape index (κ3) is 2.85. The fraction of sp³-hybridized carbons (Fsp3) is 0.188. The number of carbonyl (C=O) groups is 1. The van der Waals surface area contributed by atoms with E-state index in [1.54, 1.807) is 12.1 Å². The van der Waals surface area contributed by atoms with Gasteiger partial charge in [-0.3, -0.25) is 4.79 Å². The van der Waals surface area contributed by atoms with Crippen LogP contribution >= 0.6 is 0 Å². The third-order valence-corrected chi connectivity index (χ3v) is 3.14. The van der Waals surface area contributed by atoms with Crippen LogP contribution in [0.25, 0.3) is 0 Å². The average Bonchev–Trinajstić information content (AvgIpc) is 2.40. The molecule has 0 bridgehead atoms. The molecule has 4 heteroatoms. The summed E-state index contributed by atoms with van der Waals surface area (Å²) in [5.41, 5.74) is 1.15. The summed E-state index contributed by atoms with van der Waals surface area (Å²) in [4.78, 5) is 12.1. The first-order chi connectivity index (χ1) is 9.52. The number of Topliss-reactive ketones (excluding diaryl/α,β-unsaturated/α-hetero) is 1. The number of carbonyl (C=O) groups excluding carboxylic acids is 1. The van der Waals surface area contributed by atoms with Crippen molar-refractivity contribution < 1.29 is 18.3 Å². The Balaban J connectivity index is 2.33. The molecule has 0 unspecified atom stereocenters. The predicted octanol–water partition coefficient (Wildman–Crippen LogP) is 3.71. The standard InChI is InChI=1S/C16H14F2O2/c1-10-5-3-4-6-11(10)7-15(19)16-13(17)8-12(20-2)9-14(16)18/h3-6,8-9H,7H2,1-2H3. The molecule has 104 valence electrons. The number of benzene rings is 2. The maximum Gasteiger partial charge on any atom is 0.173 e. The van der Waals surface area contributed by atoms with Gasteiger partial charge in [-0.1, -0.05) is 24.3 Å². The summed E-state index contributed by atoms with van der Waals surface area (Å²) in [5, 5.41) is 0. The number of ketones is 1. The molecule has 20 heavy (non-hydrogen) atoms. The number of ether oxygens (including phenoxy) is 1. The molecule has 0 aromatic heterocycles. The van der Waals surface area contributed by atoms with Crippen molar-refractivity contribution in [3.8, 4) is 5.75 Å². The Kier molecular flexibility index (Phi) is 4.13. The van der Waals surface area contributed by atoms with Crippen LogP contribution in [0.3, 0.4) is 0 Å². The van der Waals surface area contributed by atoms with Crippen LogP contribution in [0.4, 0.5) is 8.78 Å². The normalized spacial score (nSPS) is 10.4. The Morgan fingerprint density at radius 3 is 2.30 bits per heavy atom. The predicted molar refractivity (Wildman–Crippen MR) is 72.1 cm³/mol. The van der Waals surface area contributed by atoms with Crippen molar-refractivity contribution in [1.29, 1.82) is 0 Å². The molecule has 2 aromatic carbocycles. The summed E-state index contributed by atoms with van der Waals surface area (Å²) in [6, 6.07) is 9.27. The lowest BCUT2D eigenvalue weighted by atomic mass is 9.99. The van der Waals surface area contributed by atoms with Gasteiger partial charge in [-0.2, -0.15) is 0 Å². The van der Waals surface area contributed by atoms with E-state index in [1.807, 2.05) is 19.1 Å². The molecular weight excluding hydrogens is 262 g/mol. The lowest BCUT2D eigenvalue weighted by molar-refractivity contribution is 0.0984. The van der Waals surface area contributed by atoms with E-state index in [2.05, 4.69) is 0 Å². The molecule has 0 saturated heterocycles. The number of methoxy groups -OCH3 is 1. The van der Waals surface area contributed by atoms with Crippen molar-refractivity contribution in [2.75, 3.05) is 7.11 Å². The van der Waals surface area contributed by atoms with Gasteiger partial charge < -0.3 is 4.74 Å². The number of rotatable bonds is 4. The van der Waals surface area contributed by atoms with Crippen LogP contribution in [0.15, 0.2) is 36.4 Å². The molecule has 2 aromatic rings. The molecule has 0 aliphatic rings. The van der Waals surface area contributed by atoms with Crippen molar-refractivity contribution in [2.24, 2.45) is 0 Å². The molecule has 0 spiro atoms. The lowest BCUT2D eigenvalue weighted by Gasteiger charge is -2.08. The smallest absolute Gasteiger partial charge is 0.173 e. The highest BCUT2D eigenvalue weighted by Gasteiger charge is 2.19. The first kappa shape index (κ1) is 14.2. The lowest BCUT2D eigenvalue weighted by Crippen LogP contribution is -2.10. The summed E-state index contributed by atoms with van der Waals surface area (Å²) in [6.07, 6.45) is -0.0349. The molecule has 0 saturated carbocycles. The minimum atomic E-state index is -0.902. The molecule has 0 aliphatic heterocycles. The van der Waals surface area contributed by atoms with Crippen LogP contribution in [-0.2, 0) is 6.42 Å². The van der Waals surface area contributed by atoms with Gasteiger partial charge in [0.15, 0.2) is 5.78 Å². The minimum Gasteiger partial charge on any atom is -0.497 e. The third-order valence-electron chi connectivity index (χ3n) is 3.14. The minimum absolute atomic E-state index is 0.0349. The largest absolute Gasteiger partial charge is 0.497 e. The van der Waals surface area contributed by atoms with Crippen molar-refractivity contribution >= 4 is 5.78 Å². The van der Waals surface area contributed by atoms with Crippen LogP contribution in [0, 0.1) is 18.6 Å². The molecular formula is C16H14F2O2. The molecule has 0 fully saturated rings. The monoisotopic (exact) mass is 276 g/mol. The first-order valence-electron chi connectivity index (χ1n) is 6.13. The van der Waals surface area contributed by atoms with Gasteiger partial charge in [0.2, 0.25) is 0 Å². The Hall–Kier alpha value is -2.23. The number of hydrogen-bond donors (Lipinski definition) is 0. The van der Waals surface area contributed by atoms with Crippen molar-refractivity contribution in [3.05, 3.63) is 64.7 Å². The second-order valence-electron chi connectivity index (χ2n) is 4.49. The zero-order valence-electron chi connectivity index (χ0n) is 11.2. The SMILES string of the molecule is COc1cc(F)c(C(=O)Cc2ccccc2C)c(F)c1. The number of halogens is 2. The van der Waals surface area contributed by atoms with Gasteiger partial charge in [-0.05, 0) is 18.1 Å². The summed E-state index contributed by atoms with van der Waals surface area (Å²) >= 11 is 0. The van der Waals surface area contributed by atoms with Gasteiger partial charge in [0, 0.05) is 18.6 Å². The van der Waals surface area contributed by atoms with Gasteiger partial charge in [0.25, 0.3) is 0 Å². The zero-order chi connectivity index (χ0) is 14.7. The Bertz CT molecular complexity index is 628. The van der Waals surface area contributed by atoms with Gasteiger partial charge in [-0.15, -0.1) is 0 Å². The molecule has 0 atom stereocenters. The quantitative estimate of drug-likeness (QED) is 0.796. The van der Waals surface area contributed by atoms with E-state index in [1.165, 1.54) is 7.11 Å². The van der Waals surface area contributed by atoms with Crippen LogP contribution in [0.2, 0.25) is 0 Å². The van der Waals surface area contributed by atoms with Crippen molar-refractivity contribution in [3.63, 3.8) is 0 Å². The summed E-state index contributed by atoms with van der Waals surface area (Å²) in [7, 11) is 1.31. The van der Waals surface area contributed by atoms with Crippen molar-refractivity contribution in [2.45, 2.75) is 13.3 Å². The highest BCUT2D eigenvalue weighted by molar-refractivity contribution is 5.98. The van der Waals surface area contributed by atoms with Gasteiger partial charge in [0.1, 0.15) is 17.4 Å². The maximum absolute atomic E-state index is 13.8. The zero-order valence-corrected chi connectivity index (χ0v) is 11.2. The molecule has 0 N–H and O–H groups in total. The Morgan fingerprint density at radius 2 is 1.75 bits per heavy atom. The van der Waals surface area contributed by atoms with Gasteiger partial charge in [0.05, 0.1) is 12.7 Å². The second-order valence-corrected chi connectivity index (χ2v) is 4.49. The molecule has 2 nitrogen and oxygen atoms in total. The molecule has 0 radical (unpaired) electrons. The Morgan fingerprint density at radius 1 is 1.15 bits per heavy atom. The van der Waals surface area contributed by atoms with Crippen molar-refractivity contribution in [1.82, 2.24) is 0 Å². The summed E-state index contributed by atoms with van der Waals surface area (Å²) in [5.74, 6) is -2.34. The van der Waals surface area contributed by atoms with Gasteiger partial charge in [-0.25, -0.2) is 8.78 Å².